The lowest BCUT2D eigenvalue weighted by atomic mass is 10.2. The summed E-state index contributed by atoms with van der Waals surface area (Å²) in [6, 6.07) is -0.188. The maximum atomic E-state index is 5.64. The van der Waals surface area contributed by atoms with Gasteiger partial charge in [0.15, 0.2) is 5.82 Å². The van der Waals surface area contributed by atoms with Gasteiger partial charge in [0.2, 0.25) is 0 Å². The Morgan fingerprint density at radius 3 is 2.79 bits per heavy atom. The summed E-state index contributed by atoms with van der Waals surface area (Å²) in [5, 5.41) is 7.85. The fraction of sp³-hybridized carbons (Fsp3) is 0.333. The van der Waals surface area contributed by atoms with Crippen molar-refractivity contribution in [3.63, 3.8) is 0 Å². The van der Waals surface area contributed by atoms with E-state index in [2.05, 4.69) is 10.1 Å². The van der Waals surface area contributed by atoms with Crippen LogP contribution < -0.4 is 5.73 Å². The fourth-order valence-corrected chi connectivity index (χ4v) is 1.93. The van der Waals surface area contributed by atoms with E-state index in [-0.39, 0.29) is 6.04 Å². The van der Waals surface area contributed by atoms with Gasteiger partial charge in [-0.05, 0) is 24.8 Å². The van der Waals surface area contributed by atoms with Crippen LogP contribution >= 0.6 is 11.3 Å². The molecule has 0 bridgehead atoms. The Labute approximate surface area is 85.7 Å². The van der Waals surface area contributed by atoms with Gasteiger partial charge in [0.05, 0.1) is 11.6 Å². The smallest absolute Gasteiger partial charge is 0.259 e. The summed E-state index contributed by atoms with van der Waals surface area (Å²) >= 11 is 1.62. The molecule has 1 atom stereocenters. The number of nitrogens with zero attached hydrogens (tertiary/aromatic N) is 2. The molecule has 0 fully saturated rings. The van der Waals surface area contributed by atoms with Crippen LogP contribution in [0.5, 0.6) is 0 Å². The lowest BCUT2D eigenvalue weighted by molar-refractivity contribution is 0.418. The molecule has 0 aliphatic heterocycles. The van der Waals surface area contributed by atoms with Gasteiger partial charge < -0.3 is 10.3 Å². The van der Waals surface area contributed by atoms with Crippen molar-refractivity contribution in [1.82, 2.24) is 10.1 Å². The first-order chi connectivity index (χ1) is 6.68. The Morgan fingerprint density at radius 2 is 2.29 bits per heavy atom. The van der Waals surface area contributed by atoms with Crippen LogP contribution in [-0.4, -0.2) is 10.1 Å². The molecule has 0 saturated carbocycles. The summed E-state index contributed by atoms with van der Waals surface area (Å²) in [5.74, 6) is 1.10. The summed E-state index contributed by atoms with van der Waals surface area (Å²) in [7, 11) is 0. The molecule has 14 heavy (non-hydrogen) atoms. The van der Waals surface area contributed by atoms with E-state index in [1.54, 1.807) is 11.3 Å². The topological polar surface area (TPSA) is 64.9 Å². The molecule has 0 saturated heterocycles. The maximum Gasteiger partial charge on any atom is 0.259 e. The molecule has 2 rings (SSSR count). The monoisotopic (exact) mass is 209 g/mol. The second-order valence-electron chi connectivity index (χ2n) is 3.21. The maximum absolute atomic E-state index is 5.64. The second kappa shape index (κ2) is 3.51. The van der Waals surface area contributed by atoms with Crippen LogP contribution in [0.2, 0.25) is 0 Å². The Morgan fingerprint density at radius 1 is 1.50 bits per heavy atom. The second-order valence-corrected chi connectivity index (χ2v) is 3.96. The predicted octanol–water partition coefficient (Wildman–Crippen LogP) is 2.13. The molecule has 2 aromatic rings. The summed E-state index contributed by atoms with van der Waals surface area (Å²) in [5.41, 5.74) is 7.78. The molecule has 0 aromatic carbocycles. The van der Waals surface area contributed by atoms with E-state index in [0.29, 0.717) is 11.7 Å². The molecule has 5 heteroatoms. The molecule has 4 nitrogen and oxygen atoms in total. The first kappa shape index (κ1) is 9.36. The number of hydrogen-bond donors (Lipinski definition) is 1. The molecule has 0 amide bonds. The molecule has 2 heterocycles. The van der Waals surface area contributed by atoms with E-state index in [4.69, 9.17) is 10.3 Å². The minimum Gasteiger partial charge on any atom is -0.334 e. The van der Waals surface area contributed by atoms with Gasteiger partial charge in [-0.3, -0.25) is 0 Å². The Hall–Kier alpha value is -1.20. The highest BCUT2D eigenvalue weighted by atomic mass is 32.1. The van der Waals surface area contributed by atoms with Crippen molar-refractivity contribution in [3.05, 3.63) is 22.1 Å². The van der Waals surface area contributed by atoms with Gasteiger partial charge >= 0.3 is 0 Å². The van der Waals surface area contributed by atoms with Gasteiger partial charge in [0.25, 0.3) is 5.89 Å². The fourth-order valence-electron chi connectivity index (χ4n) is 1.11. The van der Waals surface area contributed by atoms with Crippen molar-refractivity contribution in [2.24, 2.45) is 5.73 Å². The Balaban J connectivity index is 2.39. The van der Waals surface area contributed by atoms with Crippen LogP contribution in [0.3, 0.4) is 0 Å². The highest BCUT2D eigenvalue weighted by Crippen LogP contribution is 2.25. The zero-order valence-electron chi connectivity index (χ0n) is 8.02. The Kier molecular flexibility index (Phi) is 2.35. The number of hydrogen-bond acceptors (Lipinski definition) is 5. The van der Waals surface area contributed by atoms with E-state index in [9.17, 15) is 0 Å². The van der Waals surface area contributed by atoms with E-state index < -0.39 is 0 Å². The average Bonchev–Trinajstić information content (AvgIpc) is 2.71. The quantitative estimate of drug-likeness (QED) is 0.822. The highest BCUT2D eigenvalue weighted by molar-refractivity contribution is 7.08. The zero-order chi connectivity index (χ0) is 10.1. The summed E-state index contributed by atoms with van der Waals surface area (Å²) < 4.78 is 5.12. The number of nitrogens with two attached hydrogens (primary N) is 1. The van der Waals surface area contributed by atoms with E-state index in [1.165, 1.54) is 0 Å². The highest BCUT2D eigenvalue weighted by Gasteiger charge is 2.13. The van der Waals surface area contributed by atoms with Crippen molar-refractivity contribution in [3.8, 4) is 11.5 Å². The van der Waals surface area contributed by atoms with Crippen LogP contribution in [0.25, 0.3) is 11.5 Å². The SMILES string of the molecule is Cc1cscc1-c1nc(C(C)N)no1. The van der Waals surface area contributed by atoms with Crippen molar-refractivity contribution in [2.45, 2.75) is 19.9 Å². The lowest BCUT2D eigenvalue weighted by Gasteiger charge is -1.93. The van der Waals surface area contributed by atoms with E-state index in [1.807, 2.05) is 24.6 Å². The number of aromatic nitrogens is 2. The molecule has 0 aliphatic carbocycles. The number of thiophene rings is 1. The van der Waals surface area contributed by atoms with Crippen LogP contribution in [0, 0.1) is 6.92 Å². The van der Waals surface area contributed by atoms with Crippen LogP contribution in [0.4, 0.5) is 0 Å². The summed E-state index contributed by atoms with van der Waals surface area (Å²) in [6.45, 7) is 3.84. The van der Waals surface area contributed by atoms with E-state index in [0.717, 1.165) is 11.1 Å². The minimum atomic E-state index is -0.188. The van der Waals surface area contributed by atoms with Gasteiger partial charge in [-0.1, -0.05) is 5.16 Å². The molecule has 0 spiro atoms. The van der Waals surface area contributed by atoms with E-state index >= 15 is 0 Å². The largest absolute Gasteiger partial charge is 0.334 e. The van der Waals surface area contributed by atoms with Crippen molar-refractivity contribution < 1.29 is 4.52 Å². The molecule has 74 valence electrons. The first-order valence-corrected chi connectivity index (χ1v) is 5.25. The lowest BCUT2D eigenvalue weighted by Crippen LogP contribution is -2.06. The Bertz CT molecular complexity index is 433. The third-order valence-corrected chi connectivity index (χ3v) is 2.80. The average molecular weight is 209 g/mol. The number of aryl methyl sites for hydroxylation is 1. The van der Waals surface area contributed by atoms with Gasteiger partial charge in [0, 0.05) is 5.38 Å². The minimum absolute atomic E-state index is 0.188. The van der Waals surface area contributed by atoms with Gasteiger partial charge in [-0.2, -0.15) is 16.3 Å². The molecule has 1 unspecified atom stereocenters. The molecule has 2 aromatic heterocycles. The van der Waals surface area contributed by atoms with Crippen LogP contribution in [-0.2, 0) is 0 Å². The molecule has 0 radical (unpaired) electrons. The van der Waals surface area contributed by atoms with Crippen molar-refractivity contribution >= 4 is 11.3 Å². The van der Waals surface area contributed by atoms with Crippen molar-refractivity contribution in [1.29, 1.82) is 0 Å². The van der Waals surface area contributed by atoms with Gasteiger partial charge in [-0.15, -0.1) is 0 Å². The van der Waals surface area contributed by atoms with Crippen LogP contribution in [0.15, 0.2) is 15.3 Å². The summed E-state index contributed by atoms with van der Waals surface area (Å²) in [4.78, 5) is 4.22. The predicted molar refractivity (Wildman–Crippen MR) is 55.0 cm³/mol. The molecule has 0 aliphatic rings. The van der Waals surface area contributed by atoms with Crippen molar-refractivity contribution in [2.75, 3.05) is 0 Å². The third kappa shape index (κ3) is 1.56. The number of rotatable bonds is 2. The normalized spacial score (nSPS) is 13.1. The first-order valence-electron chi connectivity index (χ1n) is 4.31. The van der Waals surface area contributed by atoms with Crippen LogP contribution in [0.1, 0.15) is 24.4 Å². The standard InChI is InChI=1S/C9H11N3OS/c1-5-3-14-4-7(5)9-11-8(6(2)10)12-13-9/h3-4,6H,10H2,1-2H3. The zero-order valence-corrected chi connectivity index (χ0v) is 8.84. The molecular formula is C9H11N3OS. The summed E-state index contributed by atoms with van der Waals surface area (Å²) in [6.07, 6.45) is 0. The molecule has 2 N–H and O–H groups in total. The third-order valence-electron chi connectivity index (χ3n) is 1.93. The molecular weight excluding hydrogens is 198 g/mol. The van der Waals surface area contributed by atoms with Gasteiger partial charge in [0.1, 0.15) is 0 Å². The van der Waals surface area contributed by atoms with Gasteiger partial charge in [-0.25, -0.2) is 0 Å².